The van der Waals surface area contributed by atoms with Crippen LogP contribution in [0.5, 0.6) is 11.5 Å². The number of allylic oxidation sites excluding steroid dienone is 3. The first-order valence-corrected chi connectivity index (χ1v) is 11.9. The average molecular weight is 429 g/mol. The van der Waals surface area contributed by atoms with Crippen LogP contribution < -0.4 is 4.74 Å². The van der Waals surface area contributed by atoms with Crippen LogP contribution in [0.15, 0.2) is 35.9 Å². The Balaban J connectivity index is 2.36. The van der Waals surface area contributed by atoms with Crippen LogP contribution in [0.1, 0.15) is 96.1 Å². The van der Waals surface area contributed by atoms with Gasteiger partial charge in [-0.25, -0.2) is 4.79 Å². The molecule has 0 aromatic heterocycles. The number of aromatic hydroxyl groups is 1. The van der Waals surface area contributed by atoms with Crippen molar-refractivity contribution in [3.8, 4) is 11.5 Å². The molecule has 1 aliphatic rings. The fourth-order valence-electron chi connectivity index (χ4n) is 4.34. The van der Waals surface area contributed by atoms with E-state index in [1.165, 1.54) is 5.57 Å². The van der Waals surface area contributed by atoms with Crippen molar-refractivity contribution in [2.24, 2.45) is 5.92 Å². The van der Waals surface area contributed by atoms with Crippen molar-refractivity contribution in [2.75, 3.05) is 6.61 Å². The zero-order chi connectivity index (χ0) is 22.8. The first kappa shape index (κ1) is 25.0. The van der Waals surface area contributed by atoms with Crippen LogP contribution in [0.3, 0.4) is 0 Å². The van der Waals surface area contributed by atoms with E-state index in [9.17, 15) is 9.90 Å². The SMILES string of the molecule is C=C(C)[C@@H]1CCC(C)=C[C@H]1c1c(O)cc(CCCCC)cc1OC(=O)OCCCCC. The van der Waals surface area contributed by atoms with Gasteiger partial charge < -0.3 is 14.6 Å². The molecule has 0 amide bonds. The van der Waals surface area contributed by atoms with Gasteiger partial charge in [-0.05, 0) is 69.6 Å². The van der Waals surface area contributed by atoms with E-state index in [2.05, 4.69) is 33.4 Å². The van der Waals surface area contributed by atoms with Crippen LogP contribution in [0, 0.1) is 5.92 Å². The Morgan fingerprint density at radius 3 is 2.55 bits per heavy atom. The average Bonchev–Trinajstić information content (AvgIpc) is 2.71. The van der Waals surface area contributed by atoms with Gasteiger partial charge in [0.2, 0.25) is 0 Å². The summed E-state index contributed by atoms with van der Waals surface area (Å²) in [5.41, 5.74) is 4.00. The fraction of sp³-hybridized carbons (Fsp3) is 0.593. The van der Waals surface area contributed by atoms with Crippen LogP contribution in [0.2, 0.25) is 0 Å². The number of ether oxygens (including phenoxy) is 2. The third-order valence-electron chi connectivity index (χ3n) is 6.12. The molecule has 0 bridgehead atoms. The number of carbonyl (C=O) groups is 1. The highest BCUT2D eigenvalue weighted by atomic mass is 16.7. The summed E-state index contributed by atoms with van der Waals surface area (Å²) in [6, 6.07) is 3.74. The molecule has 4 heteroatoms. The molecule has 0 spiro atoms. The van der Waals surface area contributed by atoms with E-state index in [0.717, 1.165) is 68.9 Å². The second kappa shape index (κ2) is 12.6. The summed E-state index contributed by atoms with van der Waals surface area (Å²) in [4.78, 5) is 12.4. The molecule has 4 nitrogen and oxygen atoms in total. The number of rotatable bonds is 11. The van der Waals surface area contributed by atoms with E-state index in [1.54, 1.807) is 0 Å². The molecule has 1 N–H and O–H groups in total. The Kier molecular flexibility index (Phi) is 10.2. The summed E-state index contributed by atoms with van der Waals surface area (Å²) in [5, 5.41) is 11.0. The molecule has 0 aliphatic heterocycles. The number of benzene rings is 1. The summed E-state index contributed by atoms with van der Waals surface area (Å²) in [5.74, 6) is 0.724. The quantitative estimate of drug-likeness (QED) is 0.169. The number of carbonyl (C=O) groups excluding carboxylic acids is 1. The summed E-state index contributed by atoms with van der Waals surface area (Å²) in [7, 11) is 0. The van der Waals surface area contributed by atoms with Crippen molar-refractivity contribution in [3.05, 3.63) is 47.1 Å². The van der Waals surface area contributed by atoms with E-state index in [1.807, 2.05) is 19.1 Å². The second-order valence-electron chi connectivity index (χ2n) is 8.92. The Hall–Kier alpha value is -2.23. The highest BCUT2D eigenvalue weighted by molar-refractivity contribution is 5.66. The van der Waals surface area contributed by atoms with Gasteiger partial charge in [-0.1, -0.05) is 63.3 Å². The zero-order valence-corrected chi connectivity index (χ0v) is 19.8. The van der Waals surface area contributed by atoms with E-state index in [-0.39, 0.29) is 17.6 Å². The highest BCUT2D eigenvalue weighted by Gasteiger charge is 2.31. The lowest BCUT2D eigenvalue weighted by Crippen LogP contribution is -2.19. The zero-order valence-electron chi connectivity index (χ0n) is 19.8. The van der Waals surface area contributed by atoms with Gasteiger partial charge in [-0.2, -0.15) is 0 Å². The smallest absolute Gasteiger partial charge is 0.507 e. The Labute approximate surface area is 188 Å². The van der Waals surface area contributed by atoms with Gasteiger partial charge in [0.1, 0.15) is 11.5 Å². The van der Waals surface area contributed by atoms with Crippen LogP contribution >= 0.6 is 0 Å². The van der Waals surface area contributed by atoms with Gasteiger partial charge in [0.25, 0.3) is 0 Å². The standard InChI is InChI=1S/C27H40O4/c1-6-8-10-12-21-17-24(28)26(23-16-20(5)13-14-22(23)19(3)4)25(18-21)31-27(29)30-15-11-9-7-2/h16-18,22-23,28H,3,6-15H2,1-2,4-5H3/t22-,23+/m0/s1. The number of aryl methyl sites for hydroxylation is 1. The van der Waals surface area contributed by atoms with Gasteiger partial charge in [-0.3, -0.25) is 0 Å². The number of phenolic OH excluding ortho intramolecular Hbond substituents is 1. The maximum Gasteiger partial charge on any atom is 0.513 e. The summed E-state index contributed by atoms with van der Waals surface area (Å²) < 4.78 is 11.0. The minimum absolute atomic E-state index is 0.0705. The molecule has 0 saturated heterocycles. The van der Waals surface area contributed by atoms with Gasteiger partial charge in [0, 0.05) is 11.5 Å². The Morgan fingerprint density at radius 2 is 1.87 bits per heavy atom. The third kappa shape index (κ3) is 7.45. The molecule has 2 rings (SSSR count). The molecule has 0 heterocycles. The molecule has 0 fully saturated rings. The second-order valence-corrected chi connectivity index (χ2v) is 8.92. The molecular formula is C27H40O4. The molecule has 2 atom stereocenters. The molecule has 1 aromatic rings. The monoisotopic (exact) mass is 428 g/mol. The number of unbranched alkanes of at least 4 members (excludes halogenated alkanes) is 4. The van der Waals surface area contributed by atoms with Crippen LogP contribution in [-0.4, -0.2) is 17.9 Å². The Bertz CT molecular complexity index is 778. The molecule has 31 heavy (non-hydrogen) atoms. The van der Waals surface area contributed by atoms with Crippen molar-refractivity contribution >= 4 is 6.16 Å². The number of hydrogen-bond donors (Lipinski definition) is 1. The van der Waals surface area contributed by atoms with Crippen molar-refractivity contribution in [2.45, 2.75) is 91.4 Å². The van der Waals surface area contributed by atoms with Crippen molar-refractivity contribution in [1.29, 1.82) is 0 Å². The summed E-state index contributed by atoms with van der Waals surface area (Å²) in [6.45, 7) is 12.9. The summed E-state index contributed by atoms with van der Waals surface area (Å²) in [6.07, 6.45) is 10.5. The fourth-order valence-corrected chi connectivity index (χ4v) is 4.34. The van der Waals surface area contributed by atoms with E-state index < -0.39 is 6.16 Å². The molecule has 0 saturated carbocycles. The van der Waals surface area contributed by atoms with Gasteiger partial charge in [0.05, 0.1) is 6.61 Å². The third-order valence-corrected chi connectivity index (χ3v) is 6.12. The number of hydrogen-bond acceptors (Lipinski definition) is 4. The van der Waals surface area contributed by atoms with Crippen molar-refractivity contribution in [1.82, 2.24) is 0 Å². The minimum Gasteiger partial charge on any atom is -0.507 e. The molecule has 1 aliphatic carbocycles. The maximum absolute atomic E-state index is 12.4. The van der Waals surface area contributed by atoms with Gasteiger partial charge >= 0.3 is 6.16 Å². The lowest BCUT2D eigenvalue weighted by molar-refractivity contribution is 0.0968. The predicted octanol–water partition coefficient (Wildman–Crippen LogP) is 7.85. The van der Waals surface area contributed by atoms with Crippen molar-refractivity contribution < 1.29 is 19.4 Å². The first-order chi connectivity index (χ1) is 14.9. The van der Waals surface area contributed by atoms with E-state index in [0.29, 0.717) is 17.9 Å². The lowest BCUT2D eigenvalue weighted by Gasteiger charge is -2.32. The van der Waals surface area contributed by atoms with Gasteiger partial charge in [-0.15, -0.1) is 0 Å². The molecule has 1 aromatic carbocycles. The molecular weight excluding hydrogens is 388 g/mol. The Morgan fingerprint density at radius 1 is 1.16 bits per heavy atom. The predicted molar refractivity (Wildman–Crippen MR) is 127 cm³/mol. The van der Waals surface area contributed by atoms with Gasteiger partial charge in [0.15, 0.2) is 0 Å². The molecule has 172 valence electrons. The van der Waals surface area contributed by atoms with E-state index >= 15 is 0 Å². The van der Waals surface area contributed by atoms with E-state index in [4.69, 9.17) is 9.47 Å². The number of phenols is 1. The summed E-state index contributed by atoms with van der Waals surface area (Å²) >= 11 is 0. The minimum atomic E-state index is -0.703. The van der Waals surface area contributed by atoms with Crippen LogP contribution in [-0.2, 0) is 11.2 Å². The molecule has 0 radical (unpaired) electrons. The van der Waals surface area contributed by atoms with Crippen LogP contribution in [0.4, 0.5) is 4.79 Å². The van der Waals surface area contributed by atoms with Crippen molar-refractivity contribution in [3.63, 3.8) is 0 Å². The topological polar surface area (TPSA) is 55.8 Å². The maximum atomic E-state index is 12.4. The highest BCUT2D eigenvalue weighted by Crippen LogP contribution is 2.47. The first-order valence-electron chi connectivity index (χ1n) is 11.9. The van der Waals surface area contributed by atoms with Crippen LogP contribution in [0.25, 0.3) is 0 Å². The largest absolute Gasteiger partial charge is 0.513 e. The lowest BCUT2D eigenvalue weighted by atomic mass is 9.73. The normalized spacial score (nSPS) is 18.4. The molecule has 0 unspecified atom stereocenters.